The molecular weight excluding hydrogens is 326 g/mol. The topological polar surface area (TPSA) is 56.5 Å². The van der Waals surface area contributed by atoms with E-state index >= 15 is 0 Å². The Morgan fingerprint density at radius 1 is 1.00 bits per heavy atom. The second-order valence-corrected chi connectivity index (χ2v) is 6.43. The van der Waals surface area contributed by atoms with Crippen LogP contribution in [0.4, 0.5) is 0 Å². The normalized spacial score (nSPS) is 19.1. The predicted octanol–water partition coefficient (Wildman–Crippen LogP) is 3.73. The monoisotopic (exact) mass is 345 g/mol. The molecule has 0 radical (unpaired) electrons. The molecule has 5 nitrogen and oxygen atoms in total. The van der Waals surface area contributed by atoms with Crippen LogP contribution >= 0.6 is 0 Å². The summed E-state index contributed by atoms with van der Waals surface area (Å²) in [7, 11) is 0. The van der Waals surface area contributed by atoms with Crippen molar-refractivity contribution in [2.24, 2.45) is 5.16 Å². The van der Waals surface area contributed by atoms with Crippen molar-refractivity contribution in [3.05, 3.63) is 89.2 Å². The number of hydrogen-bond donors (Lipinski definition) is 0. The van der Waals surface area contributed by atoms with Crippen molar-refractivity contribution in [1.29, 1.82) is 0 Å². The average Bonchev–Trinajstić information content (AvgIpc) is 3.26. The molecule has 0 saturated heterocycles. The Labute approximate surface area is 151 Å². The number of aromatic nitrogens is 2. The molecule has 2 heterocycles. The first-order valence-corrected chi connectivity index (χ1v) is 8.56. The molecule has 0 saturated carbocycles. The average molecular weight is 345 g/mol. The van der Waals surface area contributed by atoms with Gasteiger partial charge in [0.2, 0.25) is 6.10 Å². The van der Waals surface area contributed by atoms with Crippen molar-refractivity contribution < 1.29 is 9.63 Å². The van der Waals surface area contributed by atoms with Gasteiger partial charge in [-0.2, -0.15) is 5.10 Å². The van der Waals surface area contributed by atoms with Gasteiger partial charge in [-0.15, -0.1) is 0 Å². The van der Waals surface area contributed by atoms with E-state index in [0.29, 0.717) is 0 Å². The smallest absolute Gasteiger partial charge is 0.292 e. The van der Waals surface area contributed by atoms with Crippen molar-refractivity contribution in [2.45, 2.75) is 25.9 Å². The Hall–Kier alpha value is -3.21. The van der Waals surface area contributed by atoms with E-state index in [0.717, 1.165) is 28.2 Å². The lowest BCUT2D eigenvalue weighted by Crippen LogP contribution is -2.35. The van der Waals surface area contributed by atoms with Gasteiger partial charge in [0.15, 0.2) is 0 Å². The minimum Gasteiger partial charge on any atom is -0.381 e. The van der Waals surface area contributed by atoms with Crippen LogP contribution in [0.1, 0.15) is 33.2 Å². The van der Waals surface area contributed by atoms with Gasteiger partial charge < -0.3 is 4.84 Å². The minimum absolute atomic E-state index is 0.209. The van der Waals surface area contributed by atoms with Crippen LogP contribution in [0, 0.1) is 13.8 Å². The Morgan fingerprint density at radius 2 is 1.65 bits per heavy atom. The number of oxime groups is 1. The molecule has 130 valence electrons. The molecule has 0 bridgehead atoms. The largest absolute Gasteiger partial charge is 0.381 e. The summed E-state index contributed by atoms with van der Waals surface area (Å²) in [6.45, 7) is 3.73. The van der Waals surface area contributed by atoms with Crippen molar-refractivity contribution in [1.82, 2.24) is 9.78 Å². The third-order valence-corrected chi connectivity index (χ3v) is 4.55. The summed E-state index contributed by atoms with van der Waals surface area (Å²) < 4.78 is 1.42. The molecule has 2 atom stereocenters. The predicted molar refractivity (Wildman–Crippen MR) is 99.4 cm³/mol. The van der Waals surface area contributed by atoms with Crippen molar-refractivity contribution >= 4 is 11.6 Å². The second-order valence-electron chi connectivity index (χ2n) is 6.43. The fourth-order valence-corrected chi connectivity index (χ4v) is 3.37. The highest BCUT2D eigenvalue weighted by molar-refractivity contribution is 6.09. The van der Waals surface area contributed by atoms with E-state index in [1.165, 1.54) is 4.68 Å². The molecule has 0 N–H and O–H groups in total. The standard InChI is InChI=1S/C21H19N3O2/c1-14-13-15(2)24(22-14)21(25)20-18(16-9-5-3-6-10-16)19(23-26-20)17-11-7-4-8-12-17/h3-13,18,20H,1-2H3. The summed E-state index contributed by atoms with van der Waals surface area (Å²) in [5, 5.41) is 8.60. The van der Waals surface area contributed by atoms with E-state index in [1.807, 2.05) is 80.6 Å². The fraction of sp³-hybridized carbons (Fsp3) is 0.190. The minimum atomic E-state index is -0.745. The van der Waals surface area contributed by atoms with E-state index in [9.17, 15) is 4.79 Å². The lowest BCUT2D eigenvalue weighted by Gasteiger charge is -2.19. The van der Waals surface area contributed by atoms with E-state index < -0.39 is 6.10 Å². The van der Waals surface area contributed by atoms with Gasteiger partial charge >= 0.3 is 0 Å². The highest BCUT2D eigenvalue weighted by Crippen LogP contribution is 2.33. The van der Waals surface area contributed by atoms with Crippen molar-refractivity contribution in [3.8, 4) is 0 Å². The Bertz CT molecular complexity index is 961. The van der Waals surface area contributed by atoms with Gasteiger partial charge in [0.05, 0.1) is 17.3 Å². The van der Waals surface area contributed by atoms with E-state index in [4.69, 9.17) is 4.84 Å². The van der Waals surface area contributed by atoms with Crippen LogP contribution in [0.3, 0.4) is 0 Å². The van der Waals surface area contributed by atoms with E-state index in [-0.39, 0.29) is 11.8 Å². The summed E-state index contributed by atoms with van der Waals surface area (Å²) in [5.74, 6) is -0.492. The SMILES string of the molecule is Cc1cc(C)n(C(=O)C2ON=C(c3ccccc3)C2c2ccccc2)n1. The molecule has 3 aromatic rings. The molecule has 2 aromatic carbocycles. The fourth-order valence-electron chi connectivity index (χ4n) is 3.37. The van der Waals surface area contributed by atoms with Gasteiger partial charge in [-0.05, 0) is 25.5 Å². The first-order chi connectivity index (χ1) is 12.6. The van der Waals surface area contributed by atoms with Crippen LogP contribution in [0.25, 0.3) is 0 Å². The van der Waals surface area contributed by atoms with Crippen LogP contribution < -0.4 is 0 Å². The first-order valence-electron chi connectivity index (χ1n) is 8.56. The van der Waals surface area contributed by atoms with Crippen LogP contribution in [0.5, 0.6) is 0 Å². The van der Waals surface area contributed by atoms with Crippen LogP contribution in [-0.2, 0) is 4.84 Å². The third kappa shape index (κ3) is 2.81. The van der Waals surface area contributed by atoms with Gasteiger partial charge in [-0.1, -0.05) is 65.8 Å². The second kappa shape index (κ2) is 6.59. The molecule has 1 aliphatic rings. The van der Waals surface area contributed by atoms with Crippen LogP contribution in [0.15, 0.2) is 71.9 Å². The van der Waals surface area contributed by atoms with Gasteiger partial charge in [-0.25, -0.2) is 4.68 Å². The van der Waals surface area contributed by atoms with Gasteiger partial charge in [0, 0.05) is 11.3 Å². The Kier molecular flexibility index (Phi) is 4.13. The number of nitrogens with zero attached hydrogens (tertiary/aromatic N) is 3. The lowest BCUT2D eigenvalue weighted by molar-refractivity contribution is 0.0414. The molecule has 1 aliphatic heterocycles. The molecule has 0 fully saturated rings. The van der Waals surface area contributed by atoms with Gasteiger partial charge in [-0.3, -0.25) is 4.79 Å². The van der Waals surface area contributed by atoms with Gasteiger partial charge in [0.1, 0.15) is 0 Å². The molecule has 0 amide bonds. The van der Waals surface area contributed by atoms with Crippen molar-refractivity contribution in [2.75, 3.05) is 0 Å². The third-order valence-electron chi connectivity index (χ3n) is 4.55. The molecular formula is C21H19N3O2. The summed E-state index contributed by atoms with van der Waals surface area (Å²) in [6, 6.07) is 21.6. The number of carbonyl (C=O) groups is 1. The summed E-state index contributed by atoms with van der Waals surface area (Å²) in [6.07, 6.45) is -0.745. The number of carbonyl (C=O) groups excluding carboxylic acids is 1. The maximum Gasteiger partial charge on any atom is 0.292 e. The van der Waals surface area contributed by atoms with Crippen molar-refractivity contribution in [3.63, 3.8) is 0 Å². The maximum atomic E-state index is 13.1. The molecule has 0 aliphatic carbocycles. The maximum absolute atomic E-state index is 13.1. The van der Waals surface area contributed by atoms with Gasteiger partial charge in [0.25, 0.3) is 5.91 Å². The molecule has 0 spiro atoms. The quantitative estimate of drug-likeness (QED) is 0.727. The zero-order chi connectivity index (χ0) is 18.1. The molecule has 5 heteroatoms. The molecule has 26 heavy (non-hydrogen) atoms. The first kappa shape index (κ1) is 16.3. The van der Waals surface area contributed by atoms with Crippen LogP contribution in [-0.4, -0.2) is 27.5 Å². The number of aryl methyl sites for hydroxylation is 2. The van der Waals surface area contributed by atoms with E-state index in [2.05, 4.69) is 10.3 Å². The number of rotatable bonds is 3. The summed E-state index contributed by atoms with van der Waals surface area (Å²) in [5.41, 5.74) is 4.29. The zero-order valence-corrected chi connectivity index (χ0v) is 14.7. The summed E-state index contributed by atoms with van der Waals surface area (Å²) >= 11 is 0. The molecule has 1 aromatic heterocycles. The lowest BCUT2D eigenvalue weighted by atomic mass is 9.86. The van der Waals surface area contributed by atoms with E-state index in [1.54, 1.807) is 0 Å². The summed E-state index contributed by atoms with van der Waals surface area (Å²) in [4.78, 5) is 18.8. The Morgan fingerprint density at radius 3 is 2.27 bits per heavy atom. The molecule has 2 unspecified atom stereocenters. The highest BCUT2D eigenvalue weighted by Gasteiger charge is 2.42. The number of hydrogen-bond acceptors (Lipinski definition) is 4. The number of benzene rings is 2. The zero-order valence-electron chi connectivity index (χ0n) is 14.7. The highest BCUT2D eigenvalue weighted by atomic mass is 16.6. The molecule has 4 rings (SSSR count). The Balaban J connectivity index is 1.76. The van der Waals surface area contributed by atoms with Crippen LogP contribution in [0.2, 0.25) is 0 Å².